The molecule has 0 unspecified atom stereocenters. The number of carbonyl (C=O) groups is 2. The molecule has 1 N–H and O–H groups in total. The second kappa shape index (κ2) is 8.44. The fourth-order valence-corrected chi connectivity index (χ4v) is 2.90. The molecule has 1 heterocycles. The average molecular weight is 361 g/mol. The van der Waals surface area contributed by atoms with Gasteiger partial charge >= 0.3 is 0 Å². The first-order chi connectivity index (χ1) is 10.6. The molecule has 0 bridgehead atoms. The fourth-order valence-electron chi connectivity index (χ4n) is 1.83. The molecule has 132 valence electrons. The van der Waals surface area contributed by atoms with Gasteiger partial charge in [0.15, 0.2) is 0 Å². The van der Waals surface area contributed by atoms with Gasteiger partial charge in [0.05, 0.1) is 19.0 Å². The summed E-state index contributed by atoms with van der Waals surface area (Å²) in [5.41, 5.74) is 0.00651. The van der Waals surface area contributed by atoms with Crippen molar-refractivity contribution in [2.45, 2.75) is 41.0 Å². The first kappa shape index (κ1) is 20.4. The highest BCUT2D eigenvalue weighted by Crippen LogP contribution is 2.22. The molecule has 23 heavy (non-hydrogen) atoms. The van der Waals surface area contributed by atoms with Gasteiger partial charge in [0.25, 0.3) is 0 Å². The first-order valence-corrected chi connectivity index (χ1v) is 9.27. The molecule has 1 fully saturated rings. The van der Waals surface area contributed by atoms with E-state index in [-0.39, 0.29) is 29.2 Å². The lowest BCUT2D eigenvalue weighted by molar-refractivity contribution is -0.130. The Kier molecular flexibility index (Phi) is 7.48. The summed E-state index contributed by atoms with van der Waals surface area (Å²) in [7, 11) is 0. The first-order valence-electron chi connectivity index (χ1n) is 7.88. The summed E-state index contributed by atoms with van der Waals surface area (Å²) in [4.78, 5) is 25.0. The van der Waals surface area contributed by atoms with E-state index in [1.165, 1.54) is 16.7 Å². The number of carbonyl (C=O) groups excluding carboxylic acids is 2. The number of rotatable bonds is 9. The van der Waals surface area contributed by atoms with Crippen LogP contribution in [0.25, 0.3) is 0 Å². The van der Waals surface area contributed by atoms with Crippen LogP contribution in [0, 0.1) is 10.8 Å². The van der Waals surface area contributed by atoms with Gasteiger partial charge in [-0.05, 0) is 11.8 Å². The number of ether oxygens (including phenoxy) is 1. The summed E-state index contributed by atoms with van der Waals surface area (Å²) in [6, 6.07) is 0. The van der Waals surface area contributed by atoms with Crippen molar-refractivity contribution in [3.63, 3.8) is 0 Å². The highest BCUT2D eigenvalue weighted by Gasteiger charge is 2.29. The van der Waals surface area contributed by atoms with Crippen LogP contribution in [0.15, 0.2) is 0 Å². The summed E-state index contributed by atoms with van der Waals surface area (Å²) in [5, 5.41) is 2.87. The smallest absolute Gasteiger partial charge is 0.240 e. The van der Waals surface area contributed by atoms with E-state index in [1.54, 1.807) is 0 Å². The molecule has 0 radical (unpaired) electrons. The van der Waals surface area contributed by atoms with Gasteiger partial charge in [-0.15, -0.1) is 0 Å². The van der Waals surface area contributed by atoms with E-state index in [0.717, 1.165) is 6.42 Å². The van der Waals surface area contributed by atoms with Gasteiger partial charge in [-0.3, -0.25) is 14.5 Å². The zero-order chi connectivity index (χ0) is 17.7. The molecule has 7 heteroatoms. The maximum absolute atomic E-state index is 12.0. The van der Waals surface area contributed by atoms with Crippen molar-refractivity contribution in [1.29, 1.82) is 0 Å². The van der Waals surface area contributed by atoms with Crippen molar-refractivity contribution < 1.29 is 14.3 Å². The number of thioether (sulfide) groups is 1. The number of hydrogen-bond donors (Lipinski definition) is 1. The molecule has 2 amide bonds. The molecule has 1 saturated heterocycles. The van der Waals surface area contributed by atoms with Gasteiger partial charge in [-0.25, -0.2) is 0 Å². The third-order valence-electron chi connectivity index (χ3n) is 3.85. The van der Waals surface area contributed by atoms with Gasteiger partial charge in [-0.2, -0.15) is 0 Å². The van der Waals surface area contributed by atoms with Crippen molar-refractivity contribution in [2.24, 2.45) is 10.8 Å². The maximum atomic E-state index is 12.0. The maximum Gasteiger partial charge on any atom is 0.240 e. The molecule has 0 atom stereocenters. The Hall–Kier alpha value is -0.660. The third kappa shape index (κ3) is 7.18. The minimum atomic E-state index is -0.190. The van der Waals surface area contributed by atoms with Crippen LogP contribution in [0.3, 0.4) is 0 Å². The van der Waals surface area contributed by atoms with Crippen LogP contribution >= 0.6 is 24.0 Å². The van der Waals surface area contributed by atoms with Crippen molar-refractivity contribution in [3.8, 4) is 0 Å². The Morgan fingerprint density at radius 2 is 1.91 bits per heavy atom. The molecule has 1 rings (SSSR count). The van der Waals surface area contributed by atoms with Crippen LogP contribution in [-0.4, -0.2) is 53.1 Å². The number of amides is 2. The molecule has 0 aromatic carbocycles. The lowest BCUT2D eigenvalue weighted by Gasteiger charge is -2.28. The largest absolute Gasteiger partial charge is 0.380 e. The molecule has 0 aliphatic carbocycles. The van der Waals surface area contributed by atoms with Crippen LogP contribution < -0.4 is 5.32 Å². The second-order valence-electron chi connectivity index (χ2n) is 7.49. The Bertz CT molecular complexity index is 448. The monoisotopic (exact) mass is 360 g/mol. The van der Waals surface area contributed by atoms with Crippen molar-refractivity contribution in [2.75, 3.05) is 32.1 Å². The minimum absolute atomic E-state index is 0.00443. The highest BCUT2D eigenvalue weighted by atomic mass is 32.2. The third-order valence-corrected chi connectivity index (χ3v) is 5.28. The van der Waals surface area contributed by atoms with E-state index in [2.05, 4.69) is 26.1 Å². The van der Waals surface area contributed by atoms with Gasteiger partial charge in [-0.1, -0.05) is 58.6 Å². The topological polar surface area (TPSA) is 58.6 Å². The van der Waals surface area contributed by atoms with E-state index in [9.17, 15) is 9.59 Å². The standard InChI is InChI=1S/C16H28N2O3S2/c1-6-15(2,3)10-21-11-16(4,5)9-17-12(19)7-18-13(20)8-23-14(18)22/h6-11H2,1-5H3,(H,17,19). The summed E-state index contributed by atoms with van der Waals surface area (Å²) < 4.78 is 6.30. The SMILES string of the molecule is CCC(C)(C)COCC(C)(C)CNC(=O)CN1C(=O)CSC1=S. The van der Waals surface area contributed by atoms with Gasteiger partial charge in [0, 0.05) is 12.0 Å². The van der Waals surface area contributed by atoms with E-state index >= 15 is 0 Å². The number of hydrogen-bond acceptors (Lipinski definition) is 5. The Morgan fingerprint density at radius 1 is 1.30 bits per heavy atom. The van der Waals surface area contributed by atoms with Crippen LogP contribution in [0.4, 0.5) is 0 Å². The Balaban J connectivity index is 2.33. The zero-order valence-electron chi connectivity index (χ0n) is 14.7. The summed E-state index contributed by atoms with van der Waals surface area (Å²) >= 11 is 6.37. The summed E-state index contributed by atoms with van der Waals surface area (Å²) in [6.45, 7) is 12.4. The van der Waals surface area contributed by atoms with Crippen LogP contribution in [-0.2, 0) is 14.3 Å². The molecular weight excluding hydrogens is 332 g/mol. The molecule has 0 spiro atoms. The zero-order valence-corrected chi connectivity index (χ0v) is 16.4. The van der Waals surface area contributed by atoms with E-state index in [4.69, 9.17) is 17.0 Å². The fraction of sp³-hybridized carbons (Fsp3) is 0.812. The normalized spacial score (nSPS) is 16.1. The van der Waals surface area contributed by atoms with E-state index in [0.29, 0.717) is 29.8 Å². The van der Waals surface area contributed by atoms with Crippen molar-refractivity contribution >= 4 is 40.1 Å². The molecular formula is C16H28N2O3S2. The van der Waals surface area contributed by atoms with Crippen molar-refractivity contribution in [1.82, 2.24) is 10.2 Å². The van der Waals surface area contributed by atoms with Crippen LogP contribution in [0.1, 0.15) is 41.0 Å². The molecule has 0 saturated carbocycles. The lowest BCUT2D eigenvalue weighted by atomic mass is 9.91. The van der Waals surface area contributed by atoms with Crippen LogP contribution in [0.2, 0.25) is 0 Å². The Labute approximate surface area is 148 Å². The highest BCUT2D eigenvalue weighted by molar-refractivity contribution is 8.23. The average Bonchev–Trinajstić information content (AvgIpc) is 2.77. The number of nitrogens with zero attached hydrogens (tertiary/aromatic N) is 1. The van der Waals surface area contributed by atoms with Crippen LogP contribution in [0.5, 0.6) is 0 Å². The lowest BCUT2D eigenvalue weighted by Crippen LogP contribution is -2.43. The molecule has 0 aromatic heterocycles. The van der Waals surface area contributed by atoms with E-state index in [1.807, 2.05) is 13.8 Å². The molecule has 0 aromatic rings. The summed E-state index contributed by atoms with van der Waals surface area (Å²) in [6.07, 6.45) is 1.06. The van der Waals surface area contributed by atoms with Gasteiger partial charge in [0.1, 0.15) is 10.9 Å². The van der Waals surface area contributed by atoms with Crippen molar-refractivity contribution in [3.05, 3.63) is 0 Å². The predicted molar refractivity (Wildman–Crippen MR) is 98.5 cm³/mol. The molecule has 1 aliphatic rings. The summed E-state index contributed by atoms with van der Waals surface area (Å²) in [5.74, 6) is 0.0447. The quantitative estimate of drug-likeness (QED) is 0.640. The number of thiocarbonyl (C=S) groups is 1. The second-order valence-corrected chi connectivity index (χ2v) is 9.10. The molecule has 1 aliphatic heterocycles. The Morgan fingerprint density at radius 3 is 2.43 bits per heavy atom. The number of nitrogens with one attached hydrogen (secondary N) is 1. The van der Waals surface area contributed by atoms with Gasteiger partial charge < -0.3 is 10.1 Å². The molecule has 5 nitrogen and oxygen atoms in total. The van der Waals surface area contributed by atoms with E-state index < -0.39 is 0 Å². The predicted octanol–water partition coefficient (Wildman–Crippen LogP) is 2.44. The minimum Gasteiger partial charge on any atom is -0.380 e. The van der Waals surface area contributed by atoms with Gasteiger partial charge in [0.2, 0.25) is 11.8 Å².